The molecule has 3 aromatic carbocycles. The Morgan fingerprint density at radius 2 is 1.75 bits per heavy atom. The van der Waals surface area contributed by atoms with Gasteiger partial charge in [-0.1, -0.05) is 65.9 Å². The molecular formula is C23H16FNO4S3. The van der Waals surface area contributed by atoms with Crippen molar-refractivity contribution in [2.24, 2.45) is 0 Å². The van der Waals surface area contributed by atoms with Crippen LogP contribution in [0.4, 0.5) is 10.1 Å². The number of hydrogen-bond acceptors (Lipinski definition) is 6. The van der Waals surface area contributed by atoms with E-state index in [0.29, 0.717) is 5.56 Å². The number of para-hydroxylation sites is 1. The Morgan fingerprint density at radius 3 is 2.47 bits per heavy atom. The first-order chi connectivity index (χ1) is 15.2. The monoisotopic (exact) mass is 485 g/mol. The van der Waals surface area contributed by atoms with Crippen LogP contribution in [0.25, 0.3) is 6.08 Å². The van der Waals surface area contributed by atoms with E-state index < -0.39 is 21.8 Å². The number of benzene rings is 3. The summed E-state index contributed by atoms with van der Waals surface area (Å²) in [5.41, 5.74) is 1.55. The van der Waals surface area contributed by atoms with E-state index in [4.69, 9.17) is 16.4 Å². The minimum absolute atomic E-state index is 0.0410. The van der Waals surface area contributed by atoms with Crippen LogP contribution in [0.3, 0.4) is 0 Å². The quantitative estimate of drug-likeness (QED) is 0.277. The molecule has 0 spiro atoms. The molecule has 0 unspecified atom stereocenters. The molecule has 1 fully saturated rings. The van der Waals surface area contributed by atoms with Crippen LogP contribution < -0.4 is 9.08 Å². The number of anilines is 1. The van der Waals surface area contributed by atoms with E-state index in [0.717, 1.165) is 22.2 Å². The fraction of sp³-hybridized carbons (Fsp3) is 0.0435. The molecule has 162 valence electrons. The maximum absolute atomic E-state index is 14.2. The Morgan fingerprint density at radius 1 is 1.03 bits per heavy atom. The lowest BCUT2D eigenvalue weighted by atomic mass is 10.2. The second-order valence-corrected chi connectivity index (χ2v) is 10.1. The summed E-state index contributed by atoms with van der Waals surface area (Å²) in [6.07, 6.45) is 1.56. The van der Waals surface area contributed by atoms with E-state index >= 15 is 0 Å². The standard InChI is InChI=1S/C23H16FNO4S3/c1-15-9-11-18(12-10-15)32(27,28)29-17-6-4-5-16(13-17)14-21-22(26)25(23(30)31-21)20-8-3-2-7-19(20)24/h2-14H,1H3/b21-14+. The molecule has 1 amide bonds. The third-order valence-electron chi connectivity index (χ3n) is 4.56. The molecule has 0 aromatic heterocycles. The molecule has 32 heavy (non-hydrogen) atoms. The van der Waals surface area contributed by atoms with Crippen molar-refractivity contribution < 1.29 is 21.8 Å². The van der Waals surface area contributed by atoms with Gasteiger partial charge in [-0.3, -0.25) is 9.69 Å². The molecule has 4 rings (SSSR count). The summed E-state index contributed by atoms with van der Waals surface area (Å²) in [5, 5.41) is 0. The lowest BCUT2D eigenvalue weighted by Crippen LogP contribution is -2.28. The number of amides is 1. The predicted octanol–water partition coefficient (Wildman–Crippen LogP) is 5.31. The minimum Gasteiger partial charge on any atom is -0.379 e. The summed E-state index contributed by atoms with van der Waals surface area (Å²) in [5.74, 6) is -0.908. The molecule has 0 saturated carbocycles. The largest absolute Gasteiger partial charge is 0.379 e. The van der Waals surface area contributed by atoms with E-state index in [1.165, 1.54) is 42.5 Å². The van der Waals surface area contributed by atoms with E-state index in [-0.39, 0.29) is 25.6 Å². The maximum Gasteiger partial charge on any atom is 0.339 e. The van der Waals surface area contributed by atoms with Gasteiger partial charge in [0, 0.05) is 0 Å². The second kappa shape index (κ2) is 8.85. The van der Waals surface area contributed by atoms with Gasteiger partial charge in [-0.05, 0) is 55.0 Å². The van der Waals surface area contributed by atoms with Crippen molar-refractivity contribution in [1.82, 2.24) is 0 Å². The van der Waals surface area contributed by atoms with Gasteiger partial charge in [0.2, 0.25) is 0 Å². The van der Waals surface area contributed by atoms with Crippen molar-refractivity contribution in [3.05, 3.63) is 94.6 Å². The van der Waals surface area contributed by atoms with E-state index in [2.05, 4.69) is 0 Å². The predicted molar refractivity (Wildman–Crippen MR) is 127 cm³/mol. The molecule has 1 aliphatic rings. The normalized spacial score (nSPS) is 15.4. The first kappa shape index (κ1) is 22.2. The molecule has 1 aliphatic heterocycles. The van der Waals surface area contributed by atoms with E-state index in [1.54, 1.807) is 36.4 Å². The number of thiocarbonyl (C=S) groups is 1. The molecule has 5 nitrogen and oxygen atoms in total. The second-order valence-electron chi connectivity index (χ2n) is 6.89. The number of carbonyl (C=O) groups excluding carboxylic acids is 1. The number of carbonyl (C=O) groups is 1. The Labute approximate surface area is 194 Å². The number of nitrogens with zero attached hydrogens (tertiary/aromatic N) is 1. The Hall–Kier alpha value is -3.01. The van der Waals surface area contributed by atoms with Gasteiger partial charge >= 0.3 is 10.1 Å². The summed E-state index contributed by atoms with van der Waals surface area (Å²) in [4.78, 5) is 14.3. The smallest absolute Gasteiger partial charge is 0.339 e. The first-order valence-electron chi connectivity index (χ1n) is 9.38. The molecule has 0 atom stereocenters. The van der Waals surface area contributed by atoms with Crippen LogP contribution in [0.2, 0.25) is 0 Å². The van der Waals surface area contributed by atoms with Gasteiger partial charge in [-0.25, -0.2) is 4.39 Å². The van der Waals surface area contributed by atoms with E-state index in [1.807, 2.05) is 6.92 Å². The highest BCUT2D eigenvalue weighted by Crippen LogP contribution is 2.37. The van der Waals surface area contributed by atoms with E-state index in [9.17, 15) is 17.6 Å². The first-order valence-corrected chi connectivity index (χ1v) is 12.0. The van der Waals surface area contributed by atoms with Crippen LogP contribution >= 0.6 is 24.0 Å². The third kappa shape index (κ3) is 4.59. The zero-order valence-corrected chi connectivity index (χ0v) is 19.1. The molecule has 9 heteroatoms. The maximum atomic E-state index is 14.2. The number of thioether (sulfide) groups is 1. The van der Waals surface area contributed by atoms with Crippen molar-refractivity contribution in [2.45, 2.75) is 11.8 Å². The zero-order valence-electron chi connectivity index (χ0n) is 16.7. The van der Waals surface area contributed by atoms with Crippen molar-refractivity contribution >= 4 is 56.1 Å². The lowest BCUT2D eigenvalue weighted by Gasteiger charge is -2.14. The van der Waals surface area contributed by atoms with Crippen LogP contribution in [0.15, 0.2) is 82.6 Å². The fourth-order valence-corrected chi connectivity index (χ4v) is 5.20. The molecular weight excluding hydrogens is 469 g/mol. The van der Waals surface area contributed by atoms with Crippen LogP contribution in [-0.2, 0) is 14.9 Å². The van der Waals surface area contributed by atoms with Crippen molar-refractivity contribution in [3.8, 4) is 5.75 Å². The highest BCUT2D eigenvalue weighted by atomic mass is 32.2. The number of hydrogen-bond donors (Lipinski definition) is 0. The number of halogens is 1. The van der Waals surface area contributed by atoms with Crippen LogP contribution in [0.5, 0.6) is 5.75 Å². The molecule has 1 saturated heterocycles. The van der Waals surface area contributed by atoms with Crippen LogP contribution in [0.1, 0.15) is 11.1 Å². The summed E-state index contributed by atoms with van der Waals surface area (Å²) in [6, 6.07) is 18.5. The summed E-state index contributed by atoms with van der Waals surface area (Å²) in [7, 11) is -4.01. The van der Waals surface area contributed by atoms with Crippen molar-refractivity contribution in [3.63, 3.8) is 0 Å². The summed E-state index contributed by atoms with van der Waals surface area (Å²) in [6.45, 7) is 1.86. The number of aryl methyl sites for hydroxylation is 1. The van der Waals surface area contributed by atoms with Crippen molar-refractivity contribution in [2.75, 3.05) is 4.90 Å². The Kier molecular flexibility index (Phi) is 6.14. The summed E-state index contributed by atoms with van der Waals surface area (Å²) >= 11 is 6.31. The van der Waals surface area contributed by atoms with Gasteiger partial charge < -0.3 is 4.18 Å². The number of rotatable bonds is 5. The minimum atomic E-state index is -4.01. The molecule has 0 bridgehead atoms. The molecule has 0 N–H and O–H groups in total. The average Bonchev–Trinajstić information content (AvgIpc) is 3.01. The Balaban J connectivity index is 1.59. The highest BCUT2D eigenvalue weighted by molar-refractivity contribution is 8.27. The third-order valence-corrected chi connectivity index (χ3v) is 7.12. The van der Waals surface area contributed by atoms with Gasteiger partial charge in [0.1, 0.15) is 16.5 Å². The fourth-order valence-electron chi connectivity index (χ4n) is 3.00. The average molecular weight is 486 g/mol. The van der Waals surface area contributed by atoms with Gasteiger partial charge in [-0.15, -0.1) is 0 Å². The molecule has 0 aliphatic carbocycles. The SMILES string of the molecule is Cc1ccc(S(=O)(=O)Oc2cccc(/C=C3/SC(=S)N(c4ccccc4F)C3=O)c2)cc1. The van der Waals surface area contributed by atoms with Crippen LogP contribution in [-0.4, -0.2) is 18.6 Å². The topological polar surface area (TPSA) is 63.7 Å². The summed E-state index contributed by atoms with van der Waals surface area (Å²) < 4.78 is 44.7. The van der Waals surface area contributed by atoms with Gasteiger partial charge in [0.25, 0.3) is 5.91 Å². The zero-order chi connectivity index (χ0) is 22.9. The van der Waals surface area contributed by atoms with Gasteiger partial charge in [0.05, 0.1) is 10.6 Å². The molecule has 0 radical (unpaired) electrons. The molecule has 3 aromatic rings. The Bertz CT molecular complexity index is 1350. The van der Waals surface area contributed by atoms with Gasteiger partial charge in [-0.2, -0.15) is 8.42 Å². The lowest BCUT2D eigenvalue weighted by molar-refractivity contribution is -0.113. The molecule has 1 heterocycles. The highest BCUT2D eigenvalue weighted by Gasteiger charge is 2.34. The van der Waals surface area contributed by atoms with Crippen LogP contribution in [0, 0.1) is 12.7 Å². The van der Waals surface area contributed by atoms with Crippen molar-refractivity contribution in [1.29, 1.82) is 0 Å². The van der Waals surface area contributed by atoms with Gasteiger partial charge in [0.15, 0.2) is 4.32 Å².